The van der Waals surface area contributed by atoms with Crippen LogP contribution >= 0.6 is 23.5 Å². The van der Waals surface area contributed by atoms with Gasteiger partial charge in [-0.3, -0.25) is 14.5 Å². The highest BCUT2D eigenvalue weighted by atomic mass is 32.2. The molecule has 1 saturated heterocycles. The van der Waals surface area contributed by atoms with Gasteiger partial charge < -0.3 is 10.6 Å². The first-order chi connectivity index (χ1) is 14.9. The second-order valence-corrected chi connectivity index (χ2v) is 10.1. The van der Waals surface area contributed by atoms with Gasteiger partial charge in [-0.05, 0) is 55.3 Å². The third-order valence-corrected chi connectivity index (χ3v) is 7.11. The first-order valence-electron chi connectivity index (χ1n) is 10.3. The molecular formula is C23H28FN3O2S2. The molecule has 5 nitrogen and oxygen atoms in total. The molecule has 0 saturated carbocycles. The van der Waals surface area contributed by atoms with Crippen LogP contribution in [0.5, 0.6) is 0 Å². The van der Waals surface area contributed by atoms with Crippen molar-refractivity contribution in [2.24, 2.45) is 0 Å². The fourth-order valence-electron chi connectivity index (χ4n) is 3.22. The van der Waals surface area contributed by atoms with Crippen LogP contribution in [0.3, 0.4) is 0 Å². The van der Waals surface area contributed by atoms with Gasteiger partial charge in [0.15, 0.2) is 0 Å². The summed E-state index contributed by atoms with van der Waals surface area (Å²) in [5.41, 5.74) is 3.61. The topological polar surface area (TPSA) is 61.4 Å². The van der Waals surface area contributed by atoms with Gasteiger partial charge >= 0.3 is 0 Å². The lowest BCUT2D eigenvalue weighted by Crippen LogP contribution is -2.32. The lowest BCUT2D eigenvalue weighted by atomic mass is 10.1. The summed E-state index contributed by atoms with van der Waals surface area (Å²) >= 11 is 3.26. The average molecular weight is 462 g/mol. The van der Waals surface area contributed by atoms with Crippen LogP contribution in [0.4, 0.5) is 15.8 Å². The van der Waals surface area contributed by atoms with Gasteiger partial charge in [0.2, 0.25) is 11.8 Å². The molecule has 1 aliphatic rings. The Hall–Kier alpha value is -2.03. The molecule has 8 heteroatoms. The summed E-state index contributed by atoms with van der Waals surface area (Å²) in [7, 11) is 0. The fraction of sp³-hybridized carbons (Fsp3) is 0.391. The molecule has 0 spiro atoms. The summed E-state index contributed by atoms with van der Waals surface area (Å²) in [5.74, 6) is 1.79. The van der Waals surface area contributed by atoms with Crippen molar-refractivity contribution in [1.29, 1.82) is 0 Å². The van der Waals surface area contributed by atoms with Gasteiger partial charge in [0.05, 0.1) is 11.0 Å². The standard InChI is InChI=1S/C23H28FN3O2S2/c1-16-13-18(14-27-9-11-30-12-10-27)3-8-21(16)26-23(29)17(2)31-15-22(28)25-20-6-4-19(24)5-7-20/h3-8,13,17H,9-12,14-15H2,1-2H3,(H,25,28)(H,26,29). The van der Waals surface area contributed by atoms with E-state index < -0.39 is 0 Å². The number of amides is 2. The number of hydrogen-bond acceptors (Lipinski definition) is 5. The van der Waals surface area contributed by atoms with E-state index in [0.29, 0.717) is 5.69 Å². The third-order valence-electron chi connectivity index (χ3n) is 5.02. The number of nitrogens with zero attached hydrogens (tertiary/aromatic N) is 1. The molecule has 31 heavy (non-hydrogen) atoms. The lowest BCUT2D eigenvalue weighted by Gasteiger charge is -2.26. The maximum atomic E-state index is 12.9. The summed E-state index contributed by atoms with van der Waals surface area (Å²) < 4.78 is 12.9. The van der Waals surface area contributed by atoms with Crippen molar-refractivity contribution < 1.29 is 14.0 Å². The molecule has 1 unspecified atom stereocenters. The summed E-state index contributed by atoms with van der Waals surface area (Å²) in [4.78, 5) is 27.1. The van der Waals surface area contributed by atoms with Gasteiger partial charge in [-0.25, -0.2) is 4.39 Å². The highest BCUT2D eigenvalue weighted by Crippen LogP contribution is 2.21. The summed E-state index contributed by atoms with van der Waals surface area (Å²) in [6.45, 7) is 6.95. The molecule has 0 radical (unpaired) electrons. The van der Waals surface area contributed by atoms with Gasteiger partial charge in [-0.1, -0.05) is 12.1 Å². The Kier molecular flexibility index (Phi) is 8.80. The van der Waals surface area contributed by atoms with Gasteiger partial charge in [0.1, 0.15) is 5.82 Å². The number of carbonyl (C=O) groups is 2. The van der Waals surface area contributed by atoms with E-state index >= 15 is 0 Å². The third kappa shape index (κ3) is 7.55. The smallest absolute Gasteiger partial charge is 0.237 e. The number of aryl methyl sites for hydroxylation is 1. The predicted molar refractivity (Wildman–Crippen MR) is 129 cm³/mol. The van der Waals surface area contributed by atoms with Crippen molar-refractivity contribution in [3.05, 3.63) is 59.4 Å². The molecule has 1 heterocycles. The molecule has 0 bridgehead atoms. The van der Waals surface area contributed by atoms with Crippen molar-refractivity contribution >= 4 is 46.7 Å². The number of thioether (sulfide) groups is 2. The van der Waals surface area contributed by atoms with Crippen molar-refractivity contribution in [3.63, 3.8) is 0 Å². The number of rotatable bonds is 8. The zero-order valence-corrected chi connectivity index (χ0v) is 19.5. The van der Waals surface area contributed by atoms with Gasteiger partial charge in [0, 0.05) is 42.5 Å². The predicted octanol–water partition coefficient (Wildman–Crippen LogP) is 4.38. The lowest BCUT2D eigenvalue weighted by molar-refractivity contribution is -0.115. The Bertz CT molecular complexity index is 902. The minimum Gasteiger partial charge on any atom is -0.325 e. The number of benzene rings is 2. The summed E-state index contributed by atoms with van der Waals surface area (Å²) in [5, 5.41) is 5.28. The minimum atomic E-state index is -0.385. The fourth-order valence-corrected chi connectivity index (χ4v) is 4.89. The molecule has 2 aromatic rings. The van der Waals surface area contributed by atoms with Crippen LogP contribution in [0.1, 0.15) is 18.1 Å². The average Bonchev–Trinajstić information content (AvgIpc) is 2.76. The maximum Gasteiger partial charge on any atom is 0.237 e. The van der Waals surface area contributed by atoms with Crippen molar-refractivity contribution in [2.45, 2.75) is 25.6 Å². The molecular weight excluding hydrogens is 433 g/mol. The Morgan fingerprint density at radius 1 is 1.13 bits per heavy atom. The molecule has 1 atom stereocenters. The van der Waals surface area contributed by atoms with Gasteiger partial charge in [-0.15, -0.1) is 11.8 Å². The van der Waals surface area contributed by atoms with E-state index in [0.717, 1.165) is 30.9 Å². The Balaban J connectivity index is 1.46. The molecule has 166 valence electrons. The van der Waals surface area contributed by atoms with E-state index in [2.05, 4.69) is 27.7 Å². The molecule has 3 rings (SSSR count). The first kappa shape index (κ1) is 23.6. The van der Waals surface area contributed by atoms with E-state index in [1.54, 1.807) is 6.92 Å². The molecule has 0 aromatic heterocycles. The zero-order chi connectivity index (χ0) is 22.2. The van der Waals surface area contributed by atoms with Crippen molar-refractivity contribution in [2.75, 3.05) is 41.0 Å². The van der Waals surface area contributed by atoms with Crippen LogP contribution in [-0.4, -0.2) is 52.3 Å². The molecule has 1 aliphatic heterocycles. The van der Waals surface area contributed by atoms with E-state index in [4.69, 9.17) is 0 Å². The maximum absolute atomic E-state index is 12.9. The van der Waals surface area contributed by atoms with Crippen LogP contribution in [0, 0.1) is 12.7 Å². The largest absolute Gasteiger partial charge is 0.325 e. The van der Waals surface area contributed by atoms with E-state index in [1.807, 2.05) is 24.8 Å². The monoisotopic (exact) mass is 461 g/mol. The minimum absolute atomic E-state index is 0.136. The summed E-state index contributed by atoms with van der Waals surface area (Å²) in [6, 6.07) is 11.7. The molecule has 2 amide bonds. The Morgan fingerprint density at radius 2 is 1.84 bits per heavy atom. The number of anilines is 2. The van der Waals surface area contributed by atoms with Crippen LogP contribution in [-0.2, 0) is 16.1 Å². The van der Waals surface area contributed by atoms with E-state index in [-0.39, 0.29) is 28.6 Å². The van der Waals surface area contributed by atoms with Crippen molar-refractivity contribution in [3.8, 4) is 0 Å². The van der Waals surface area contributed by atoms with Crippen LogP contribution in [0.15, 0.2) is 42.5 Å². The van der Waals surface area contributed by atoms with Crippen molar-refractivity contribution in [1.82, 2.24) is 4.90 Å². The van der Waals surface area contributed by atoms with Gasteiger partial charge in [0.25, 0.3) is 0 Å². The number of carbonyl (C=O) groups excluding carboxylic acids is 2. The summed E-state index contributed by atoms with van der Waals surface area (Å²) in [6.07, 6.45) is 0. The number of halogens is 1. The van der Waals surface area contributed by atoms with Crippen LogP contribution in [0.2, 0.25) is 0 Å². The van der Waals surface area contributed by atoms with E-state index in [1.165, 1.54) is 53.1 Å². The second kappa shape index (κ2) is 11.5. The molecule has 0 aliphatic carbocycles. The Morgan fingerprint density at radius 3 is 2.52 bits per heavy atom. The van der Waals surface area contributed by atoms with Crippen LogP contribution < -0.4 is 10.6 Å². The molecule has 1 fully saturated rings. The second-order valence-electron chi connectivity index (χ2n) is 7.54. The SMILES string of the molecule is Cc1cc(CN2CCSCC2)ccc1NC(=O)C(C)SCC(=O)Nc1ccc(F)cc1. The first-order valence-corrected chi connectivity index (χ1v) is 12.5. The molecule has 2 N–H and O–H groups in total. The number of nitrogens with one attached hydrogen (secondary N) is 2. The van der Waals surface area contributed by atoms with Gasteiger partial charge in [-0.2, -0.15) is 11.8 Å². The molecule has 2 aromatic carbocycles. The zero-order valence-electron chi connectivity index (χ0n) is 17.8. The highest BCUT2D eigenvalue weighted by molar-refractivity contribution is 8.01. The Labute approximate surface area is 191 Å². The normalized spacial score (nSPS) is 15.3. The quantitative estimate of drug-likeness (QED) is 0.611. The highest BCUT2D eigenvalue weighted by Gasteiger charge is 2.17. The van der Waals surface area contributed by atoms with Crippen LogP contribution in [0.25, 0.3) is 0 Å². The van der Waals surface area contributed by atoms with E-state index in [9.17, 15) is 14.0 Å². The number of hydrogen-bond donors (Lipinski definition) is 2.